The summed E-state index contributed by atoms with van der Waals surface area (Å²) in [7, 11) is -15.3. The number of nitrogens with zero attached hydrogens (tertiary/aromatic N) is 4. The van der Waals surface area contributed by atoms with Crippen LogP contribution in [0.1, 0.15) is 15.9 Å². The number of hydrogen-bond acceptors (Lipinski definition) is 11. The van der Waals surface area contributed by atoms with E-state index in [2.05, 4.69) is 20.8 Å². The number of carboxylic acids is 1. The smallest absolute Gasteiger partial charge is 0.571 e. The van der Waals surface area contributed by atoms with Crippen molar-refractivity contribution in [1.29, 1.82) is 0 Å². The molecular weight excluding hydrogens is 662 g/mol. The summed E-state index contributed by atoms with van der Waals surface area (Å²) in [6.45, 7) is 0. The van der Waals surface area contributed by atoms with Crippen molar-refractivity contribution in [3.8, 4) is 5.75 Å². The van der Waals surface area contributed by atoms with Gasteiger partial charge in [0.2, 0.25) is 0 Å². The second-order valence-electron chi connectivity index (χ2n) is 7.52. The van der Waals surface area contributed by atoms with Crippen LogP contribution in [-0.4, -0.2) is 60.9 Å². The van der Waals surface area contributed by atoms with E-state index in [0.717, 1.165) is 24.3 Å². The molecule has 0 amide bonds. The Morgan fingerprint density at radius 1 is 0.805 bits per heavy atom. The molecule has 0 atom stereocenters. The van der Waals surface area contributed by atoms with Gasteiger partial charge in [-0.1, -0.05) is 23.9 Å². The minimum absolute atomic E-state index is 0. The van der Waals surface area contributed by atoms with Crippen molar-refractivity contribution in [1.82, 2.24) is 0 Å². The van der Waals surface area contributed by atoms with Gasteiger partial charge in [-0.2, -0.15) is 25.3 Å². The Morgan fingerprint density at radius 3 is 1.98 bits per heavy atom. The fraction of sp³-hybridized carbons (Fsp3) is 0. The van der Waals surface area contributed by atoms with E-state index in [1.54, 1.807) is 0 Å². The number of nitrogens with two attached hydrogens (primary N) is 1. The molecule has 0 bridgehead atoms. The molecular formula is C20H16CuN5O12S3. The Kier molecular flexibility index (Phi) is 9.96. The first-order valence-corrected chi connectivity index (χ1v) is 14.4. The Bertz CT molecular complexity index is 1910. The van der Waals surface area contributed by atoms with Gasteiger partial charge in [-0.25, -0.2) is 4.79 Å². The number of rotatable bonds is 8. The molecule has 3 aromatic rings. The third-order valence-electron chi connectivity index (χ3n) is 4.77. The van der Waals surface area contributed by atoms with Gasteiger partial charge < -0.3 is 26.5 Å². The maximum Gasteiger partial charge on any atom is 1.00 e. The molecule has 7 N–H and O–H groups in total. The van der Waals surface area contributed by atoms with Crippen molar-refractivity contribution in [3.05, 3.63) is 71.1 Å². The van der Waals surface area contributed by atoms with Crippen LogP contribution in [0.15, 0.2) is 84.6 Å². The third kappa shape index (κ3) is 8.05. The molecule has 0 spiro atoms. The quantitative estimate of drug-likeness (QED) is 0.0380. The Hall–Kier alpha value is -3.95. The number of azo groups is 1. The number of nitrogen functional groups attached to an aromatic ring is 1. The average molecular weight is 678 g/mol. The van der Waals surface area contributed by atoms with Crippen LogP contribution in [0.25, 0.3) is 5.43 Å². The van der Waals surface area contributed by atoms with Crippen LogP contribution in [0, 0.1) is 0 Å². The normalized spacial score (nSPS) is 12.6. The van der Waals surface area contributed by atoms with Gasteiger partial charge in [0.05, 0.1) is 10.5 Å². The van der Waals surface area contributed by atoms with Gasteiger partial charge in [0.1, 0.15) is 21.2 Å². The van der Waals surface area contributed by atoms with Crippen molar-refractivity contribution in [3.63, 3.8) is 0 Å². The minimum atomic E-state index is -5.27. The monoisotopic (exact) mass is 677 g/mol. The Morgan fingerprint density at radius 2 is 1.41 bits per heavy atom. The zero-order chi connectivity index (χ0) is 30.0. The van der Waals surface area contributed by atoms with Gasteiger partial charge in [-0.15, -0.1) is 10.2 Å². The molecule has 41 heavy (non-hydrogen) atoms. The zero-order valence-electron chi connectivity index (χ0n) is 19.7. The van der Waals surface area contributed by atoms with Crippen molar-refractivity contribution in [2.24, 2.45) is 15.3 Å². The molecule has 0 unspecified atom stereocenters. The van der Waals surface area contributed by atoms with Gasteiger partial charge >= 0.3 is 23.0 Å². The molecule has 21 heteroatoms. The van der Waals surface area contributed by atoms with E-state index in [9.17, 15) is 53.9 Å². The summed E-state index contributed by atoms with van der Waals surface area (Å²) in [5.41, 5.74) is 6.90. The van der Waals surface area contributed by atoms with Crippen LogP contribution in [0.3, 0.4) is 0 Å². The first-order valence-electron chi connectivity index (χ1n) is 10.1. The van der Waals surface area contributed by atoms with Crippen LogP contribution in [0.2, 0.25) is 0 Å². The molecule has 222 valence electrons. The van der Waals surface area contributed by atoms with Crippen LogP contribution < -0.4 is 5.73 Å². The summed E-state index contributed by atoms with van der Waals surface area (Å²) in [5, 5.41) is 30.6. The first-order chi connectivity index (χ1) is 18.4. The Labute approximate surface area is 242 Å². The van der Waals surface area contributed by atoms with E-state index in [4.69, 9.17) is 5.73 Å². The largest absolute Gasteiger partial charge is 1.00 e. The van der Waals surface area contributed by atoms with E-state index >= 15 is 0 Å². The molecule has 17 nitrogen and oxygen atoms in total. The predicted molar refractivity (Wildman–Crippen MR) is 136 cm³/mol. The number of amidine groups is 1. The van der Waals surface area contributed by atoms with Crippen molar-refractivity contribution >= 4 is 59.2 Å². The molecule has 3 aromatic carbocycles. The van der Waals surface area contributed by atoms with Gasteiger partial charge in [-0.3, -0.25) is 13.7 Å². The van der Waals surface area contributed by atoms with E-state index in [-0.39, 0.29) is 34.5 Å². The standard InChI is InChI=1S/C20H17N5O12S3.Cu/c21-10-5-6-14(13(7-10)20(27)28)22-24-19(12-3-1-2-4-16(12)39(32,33)34)25-23-15-8-11(38(29,30)31)9-17(18(15)26)40(35,36)37;/h1-9H,(H8,21,22,23,24,25,26,27,28,29,30,31,32,33,34,35,36,37);/q;+1/p-1. The number of anilines is 1. The third-order valence-corrected chi connectivity index (χ3v) is 7.38. The number of benzene rings is 3. The van der Waals surface area contributed by atoms with Gasteiger partial charge in [0.15, 0.2) is 5.84 Å². The number of phenolic OH excluding ortho intramolecular Hbond substituents is 1. The van der Waals surface area contributed by atoms with E-state index < -0.39 is 79.4 Å². The summed E-state index contributed by atoms with van der Waals surface area (Å²) in [4.78, 5) is 8.26. The minimum Gasteiger partial charge on any atom is -0.571 e. The van der Waals surface area contributed by atoms with Crippen LogP contribution in [0.5, 0.6) is 5.75 Å². The van der Waals surface area contributed by atoms with Crippen LogP contribution in [-0.2, 0) is 47.4 Å². The zero-order valence-corrected chi connectivity index (χ0v) is 23.1. The number of phenols is 1. The molecule has 0 radical (unpaired) electrons. The molecule has 0 fully saturated rings. The van der Waals surface area contributed by atoms with Crippen LogP contribution in [0.4, 0.5) is 17.1 Å². The SMILES string of the molecule is Nc1ccc(N=N/C(=N\[N-]c2cc(S(=O)(=O)O)cc(S(=O)(=O)O)c2O)c2ccccc2S(=O)(=O)O)c(C(=O)O)c1.[Cu+]. The van der Waals surface area contributed by atoms with Crippen molar-refractivity contribution < 1.29 is 71.0 Å². The van der Waals surface area contributed by atoms with Gasteiger partial charge in [0, 0.05) is 11.3 Å². The maximum absolute atomic E-state index is 11.9. The number of aromatic hydroxyl groups is 1. The molecule has 0 aliphatic carbocycles. The summed E-state index contributed by atoms with van der Waals surface area (Å²) >= 11 is 0. The first kappa shape index (κ1) is 33.3. The molecule has 0 aliphatic rings. The van der Waals surface area contributed by atoms with Gasteiger partial charge in [0.25, 0.3) is 30.4 Å². The number of carbonyl (C=O) groups is 1. The second-order valence-corrected chi connectivity index (χ2v) is 11.7. The molecule has 0 saturated heterocycles. The summed E-state index contributed by atoms with van der Waals surface area (Å²) in [6, 6.07) is 8.61. The maximum atomic E-state index is 11.9. The average Bonchev–Trinajstić information content (AvgIpc) is 2.83. The number of carboxylic acid groups (broad SMARTS) is 1. The molecule has 0 heterocycles. The summed E-state index contributed by atoms with van der Waals surface area (Å²) < 4.78 is 98.6. The molecule has 0 saturated carbocycles. The number of aromatic carboxylic acids is 1. The van der Waals surface area contributed by atoms with Crippen molar-refractivity contribution in [2.75, 3.05) is 5.73 Å². The van der Waals surface area contributed by atoms with E-state index in [1.807, 2.05) is 0 Å². The van der Waals surface area contributed by atoms with Crippen LogP contribution >= 0.6 is 0 Å². The molecule has 0 aromatic heterocycles. The Balaban J connectivity index is 0.00000588. The summed E-state index contributed by atoms with van der Waals surface area (Å²) in [6.07, 6.45) is 0. The fourth-order valence-corrected chi connectivity index (χ4v) is 4.92. The molecule has 0 aliphatic heterocycles. The van der Waals surface area contributed by atoms with E-state index in [1.165, 1.54) is 18.2 Å². The second kappa shape index (κ2) is 12.3. The molecule has 3 rings (SSSR count). The van der Waals surface area contributed by atoms with Crippen molar-refractivity contribution in [2.45, 2.75) is 14.7 Å². The summed E-state index contributed by atoms with van der Waals surface area (Å²) in [5.74, 6) is -3.58. The predicted octanol–water partition coefficient (Wildman–Crippen LogP) is 2.56. The number of hydrogen-bond donors (Lipinski definition) is 6. The van der Waals surface area contributed by atoms with E-state index in [0.29, 0.717) is 6.07 Å². The topological polar surface area (TPSA) is 298 Å². The fourth-order valence-electron chi connectivity index (χ4n) is 3.01. The van der Waals surface area contributed by atoms with Gasteiger partial charge in [-0.05, 0) is 36.4 Å².